The molecule has 3 aromatic rings. The molecule has 0 aliphatic heterocycles. The topological polar surface area (TPSA) is 55.9 Å². The van der Waals surface area contributed by atoms with E-state index in [1.807, 2.05) is 36.0 Å². The summed E-state index contributed by atoms with van der Waals surface area (Å²) in [4.78, 5) is 4.63. The van der Waals surface area contributed by atoms with Gasteiger partial charge in [-0.05, 0) is 39.0 Å². The Balaban J connectivity index is 1.59. The van der Waals surface area contributed by atoms with E-state index in [0.29, 0.717) is 12.1 Å². The first-order valence-electron chi connectivity index (χ1n) is 7.37. The predicted molar refractivity (Wildman–Crippen MR) is 87.8 cm³/mol. The van der Waals surface area contributed by atoms with Crippen LogP contribution >= 0.6 is 11.3 Å². The lowest BCUT2D eigenvalue weighted by atomic mass is 10.2. The SMILES string of the molecule is Cc1ccc(-c2nc(CN[C@@H](C)[C@@H](C)n3cccn3)cs2)o1. The summed E-state index contributed by atoms with van der Waals surface area (Å²) in [6, 6.07) is 6.47. The Bertz CT molecular complexity index is 716. The fourth-order valence-electron chi connectivity index (χ4n) is 2.24. The fourth-order valence-corrected chi connectivity index (χ4v) is 3.02. The van der Waals surface area contributed by atoms with E-state index in [1.165, 1.54) is 0 Å². The number of hydrogen-bond acceptors (Lipinski definition) is 5. The van der Waals surface area contributed by atoms with Gasteiger partial charge in [-0.1, -0.05) is 0 Å². The number of nitrogens with zero attached hydrogens (tertiary/aromatic N) is 3. The van der Waals surface area contributed by atoms with Gasteiger partial charge in [0.25, 0.3) is 0 Å². The molecule has 0 saturated heterocycles. The maximum atomic E-state index is 5.61. The first-order valence-corrected chi connectivity index (χ1v) is 8.25. The number of furan rings is 1. The average molecular weight is 316 g/mol. The van der Waals surface area contributed by atoms with Crippen LogP contribution < -0.4 is 5.32 Å². The smallest absolute Gasteiger partial charge is 0.162 e. The molecule has 0 amide bonds. The molecule has 0 bridgehead atoms. The zero-order valence-electron chi connectivity index (χ0n) is 13.0. The molecule has 1 N–H and O–H groups in total. The van der Waals surface area contributed by atoms with Crippen molar-refractivity contribution in [1.82, 2.24) is 20.1 Å². The third-order valence-corrected chi connectivity index (χ3v) is 4.68. The largest absolute Gasteiger partial charge is 0.459 e. The van der Waals surface area contributed by atoms with Crippen molar-refractivity contribution >= 4 is 11.3 Å². The van der Waals surface area contributed by atoms with Crippen LogP contribution in [0, 0.1) is 6.92 Å². The molecule has 0 radical (unpaired) electrons. The maximum Gasteiger partial charge on any atom is 0.162 e. The second-order valence-corrected chi connectivity index (χ2v) is 6.31. The lowest BCUT2D eigenvalue weighted by Gasteiger charge is -2.21. The molecule has 0 aliphatic rings. The van der Waals surface area contributed by atoms with Gasteiger partial charge < -0.3 is 9.73 Å². The Morgan fingerprint density at radius 1 is 1.36 bits per heavy atom. The van der Waals surface area contributed by atoms with Crippen LogP contribution in [0.2, 0.25) is 0 Å². The molecule has 0 saturated carbocycles. The zero-order valence-corrected chi connectivity index (χ0v) is 13.8. The Morgan fingerprint density at radius 2 is 2.23 bits per heavy atom. The van der Waals surface area contributed by atoms with Crippen LogP contribution in [0.25, 0.3) is 10.8 Å². The van der Waals surface area contributed by atoms with Crippen molar-refractivity contribution in [2.24, 2.45) is 0 Å². The monoisotopic (exact) mass is 316 g/mol. The summed E-state index contributed by atoms with van der Waals surface area (Å²) in [5.74, 6) is 1.75. The zero-order chi connectivity index (χ0) is 15.5. The third kappa shape index (κ3) is 3.28. The minimum Gasteiger partial charge on any atom is -0.459 e. The highest BCUT2D eigenvalue weighted by atomic mass is 32.1. The van der Waals surface area contributed by atoms with Gasteiger partial charge in [0.2, 0.25) is 0 Å². The van der Waals surface area contributed by atoms with Gasteiger partial charge in [-0.25, -0.2) is 4.98 Å². The molecule has 2 atom stereocenters. The minimum atomic E-state index is 0.292. The van der Waals surface area contributed by atoms with Gasteiger partial charge in [-0.2, -0.15) is 5.10 Å². The molecule has 3 aromatic heterocycles. The highest BCUT2D eigenvalue weighted by Crippen LogP contribution is 2.25. The summed E-state index contributed by atoms with van der Waals surface area (Å²) in [5.41, 5.74) is 1.04. The van der Waals surface area contributed by atoms with Crippen LogP contribution in [0.4, 0.5) is 0 Å². The second-order valence-electron chi connectivity index (χ2n) is 5.45. The number of nitrogens with one attached hydrogen (secondary N) is 1. The van der Waals surface area contributed by atoms with Crippen LogP contribution in [0.5, 0.6) is 0 Å². The van der Waals surface area contributed by atoms with E-state index in [4.69, 9.17) is 4.42 Å². The summed E-state index contributed by atoms with van der Waals surface area (Å²) in [6.07, 6.45) is 3.80. The van der Waals surface area contributed by atoms with Gasteiger partial charge in [0, 0.05) is 30.4 Å². The molecule has 0 spiro atoms. The molecule has 3 heterocycles. The number of aromatic nitrogens is 3. The van der Waals surface area contributed by atoms with Gasteiger partial charge in [0.15, 0.2) is 10.8 Å². The lowest BCUT2D eigenvalue weighted by Crippen LogP contribution is -2.33. The average Bonchev–Trinajstić information content (AvgIpc) is 3.24. The summed E-state index contributed by atoms with van der Waals surface area (Å²) in [5, 5.41) is 10.8. The number of thiazole rings is 1. The molecule has 0 aliphatic carbocycles. The van der Waals surface area contributed by atoms with E-state index in [-0.39, 0.29) is 0 Å². The molecule has 6 heteroatoms. The summed E-state index contributed by atoms with van der Waals surface area (Å²) in [6.45, 7) is 7.00. The quantitative estimate of drug-likeness (QED) is 0.754. The number of rotatable bonds is 6. The van der Waals surface area contributed by atoms with Crippen molar-refractivity contribution in [3.63, 3.8) is 0 Å². The number of hydrogen-bond donors (Lipinski definition) is 1. The first kappa shape index (κ1) is 15.0. The van der Waals surface area contributed by atoms with Crippen molar-refractivity contribution in [3.8, 4) is 10.8 Å². The van der Waals surface area contributed by atoms with Crippen LogP contribution in [0.3, 0.4) is 0 Å². The molecular weight excluding hydrogens is 296 g/mol. The predicted octanol–water partition coefficient (Wildman–Crippen LogP) is 3.65. The fraction of sp³-hybridized carbons (Fsp3) is 0.375. The van der Waals surface area contributed by atoms with E-state index in [0.717, 1.165) is 28.8 Å². The molecular formula is C16H20N4OS. The van der Waals surface area contributed by atoms with Crippen molar-refractivity contribution in [1.29, 1.82) is 0 Å². The van der Waals surface area contributed by atoms with Gasteiger partial charge in [0.05, 0.1) is 11.7 Å². The Hall–Kier alpha value is -1.92. The van der Waals surface area contributed by atoms with E-state index in [9.17, 15) is 0 Å². The van der Waals surface area contributed by atoms with E-state index in [1.54, 1.807) is 17.5 Å². The lowest BCUT2D eigenvalue weighted by molar-refractivity contribution is 0.364. The highest BCUT2D eigenvalue weighted by Gasteiger charge is 2.14. The van der Waals surface area contributed by atoms with E-state index in [2.05, 4.69) is 34.6 Å². The maximum absolute atomic E-state index is 5.61. The van der Waals surface area contributed by atoms with Gasteiger partial charge in [0.1, 0.15) is 5.76 Å². The van der Waals surface area contributed by atoms with Crippen molar-refractivity contribution < 1.29 is 4.42 Å². The van der Waals surface area contributed by atoms with Crippen molar-refractivity contribution in [2.75, 3.05) is 0 Å². The van der Waals surface area contributed by atoms with Crippen LogP contribution in [0.1, 0.15) is 31.3 Å². The Kier molecular flexibility index (Phi) is 4.40. The molecule has 0 aromatic carbocycles. The summed E-state index contributed by atoms with van der Waals surface area (Å²) >= 11 is 1.61. The Morgan fingerprint density at radius 3 is 2.91 bits per heavy atom. The molecule has 22 heavy (non-hydrogen) atoms. The minimum absolute atomic E-state index is 0.292. The molecule has 5 nitrogen and oxygen atoms in total. The number of aryl methyl sites for hydroxylation is 1. The van der Waals surface area contributed by atoms with Crippen LogP contribution in [0.15, 0.2) is 40.4 Å². The van der Waals surface area contributed by atoms with Gasteiger partial charge in [-0.15, -0.1) is 11.3 Å². The van der Waals surface area contributed by atoms with Crippen molar-refractivity contribution in [3.05, 3.63) is 47.4 Å². The second kappa shape index (κ2) is 6.46. The summed E-state index contributed by atoms with van der Waals surface area (Å²) < 4.78 is 7.58. The van der Waals surface area contributed by atoms with Crippen LogP contribution in [-0.4, -0.2) is 20.8 Å². The molecule has 116 valence electrons. The summed E-state index contributed by atoms with van der Waals surface area (Å²) in [7, 11) is 0. The molecule has 0 fully saturated rings. The van der Waals surface area contributed by atoms with Crippen LogP contribution in [-0.2, 0) is 6.54 Å². The van der Waals surface area contributed by atoms with E-state index >= 15 is 0 Å². The van der Waals surface area contributed by atoms with E-state index < -0.39 is 0 Å². The molecule has 3 rings (SSSR count). The van der Waals surface area contributed by atoms with Gasteiger partial charge >= 0.3 is 0 Å². The normalized spacial score (nSPS) is 14.1. The molecule has 0 unspecified atom stereocenters. The first-order chi connectivity index (χ1) is 10.6. The van der Waals surface area contributed by atoms with Crippen molar-refractivity contribution in [2.45, 2.75) is 39.4 Å². The Labute approximate surface area is 134 Å². The standard InChI is InChI=1S/C16H20N4OS/c1-11-5-6-15(21-11)16-19-14(10-22-16)9-17-12(2)13(3)20-8-4-7-18-20/h4-8,10,12-13,17H,9H2,1-3H3/t12-,13+/m0/s1. The van der Waals surface area contributed by atoms with Gasteiger partial charge in [-0.3, -0.25) is 4.68 Å². The highest BCUT2D eigenvalue weighted by molar-refractivity contribution is 7.13. The third-order valence-electron chi connectivity index (χ3n) is 3.77.